The van der Waals surface area contributed by atoms with Crippen molar-refractivity contribution in [1.29, 1.82) is 0 Å². The molecule has 1 aliphatic rings. The molecule has 1 amide bonds. The lowest BCUT2D eigenvalue weighted by Crippen LogP contribution is -2.39. The quantitative estimate of drug-likeness (QED) is 0.319. The van der Waals surface area contributed by atoms with Crippen LogP contribution >= 0.6 is 24.0 Å². The predicted octanol–water partition coefficient (Wildman–Crippen LogP) is 3.50. The number of guanidine groups is 1. The molecule has 0 aromatic heterocycles. The van der Waals surface area contributed by atoms with Gasteiger partial charge >= 0.3 is 0 Å². The lowest BCUT2D eigenvalue weighted by atomic mass is 10.1. The highest BCUT2D eigenvalue weighted by Gasteiger charge is 2.26. The van der Waals surface area contributed by atoms with Crippen LogP contribution in [0.3, 0.4) is 0 Å². The van der Waals surface area contributed by atoms with E-state index in [1.165, 1.54) is 5.56 Å². The van der Waals surface area contributed by atoms with E-state index in [2.05, 4.69) is 36.2 Å². The zero-order valence-corrected chi connectivity index (χ0v) is 19.9. The van der Waals surface area contributed by atoms with Gasteiger partial charge in [-0.15, -0.1) is 24.0 Å². The average molecular weight is 502 g/mol. The first kappa shape index (κ1) is 24.5. The first-order chi connectivity index (χ1) is 13.1. The number of hydrogen-bond donors (Lipinski definition) is 1. The van der Waals surface area contributed by atoms with Gasteiger partial charge in [-0.3, -0.25) is 9.79 Å². The van der Waals surface area contributed by atoms with E-state index < -0.39 is 0 Å². The predicted molar refractivity (Wildman–Crippen MR) is 125 cm³/mol. The summed E-state index contributed by atoms with van der Waals surface area (Å²) in [5.41, 5.74) is 1.21. The van der Waals surface area contributed by atoms with Crippen LogP contribution in [0.1, 0.15) is 45.1 Å². The third kappa shape index (κ3) is 7.14. The second kappa shape index (κ2) is 12.9. The van der Waals surface area contributed by atoms with Gasteiger partial charge in [0.15, 0.2) is 5.96 Å². The number of benzene rings is 1. The molecule has 0 aliphatic carbocycles. The van der Waals surface area contributed by atoms with Crippen molar-refractivity contribution in [2.24, 2.45) is 4.99 Å². The normalized spacial score (nSPS) is 15.2. The third-order valence-electron chi connectivity index (χ3n) is 5.02. The molecule has 2 rings (SSSR count). The summed E-state index contributed by atoms with van der Waals surface area (Å²) < 4.78 is 5.22. The Morgan fingerprint density at radius 2 is 2.04 bits per heavy atom. The van der Waals surface area contributed by atoms with Gasteiger partial charge in [-0.25, -0.2) is 0 Å². The van der Waals surface area contributed by atoms with Crippen molar-refractivity contribution >= 4 is 35.8 Å². The van der Waals surface area contributed by atoms with Crippen LogP contribution in [0.25, 0.3) is 0 Å². The molecule has 1 aliphatic heterocycles. The molecule has 7 heteroatoms. The standard InChI is InChI=1S/C21H34N4O2.HI/c1-5-18(25-15-7-8-20(25)26)13-14-23-21(22-6-2)24(3)16-17-9-11-19(27-4)12-10-17;/h9-12,18H,5-8,13-16H2,1-4H3,(H,22,23);1H. The van der Waals surface area contributed by atoms with E-state index in [-0.39, 0.29) is 24.0 Å². The summed E-state index contributed by atoms with van der Waals surface area (Å²) in [6.07, 6.45) is 3.59. The van der Waals surface area contributed by atoms with Crippen LogP contribution in [0.5, 0.6) is 5.75 Å². The van der Waals surface area contributed by atoms with Crippen LogP contribution in [-0.2, 0) is 11.3 Å². The van der Waals surface area contributed by atoms with E-state index >= 15 is 0 Å². The molecule has 6 nitrogen and oxygen atoms in total. The fraction of sp³-hybridized carbons (Fsp3) is 0.619. The summed E-state index contributed by atoms with van der Waals surface area (Å²) in [6.45, 7) is 7.46. The molecule has 0 saturated carbocycles. The minimum atomic E-state index is 0. The molecular weight excluding hydrogens is 467 g/mol. The fourth-order valence-electron chi connectivity index (χ4n) is 3.50. The maximum absolute atomic E-state index is 12.0. The molecule has 158 valence electrons. The number of likely N-dealkylation sites (tertiary alicyclic amines) is 1. The van der Waals surface area contributed by atoms with Crippen molar-refractivity contribution in [2.75, 3.05) is 33.8 Å². The van der Waals surface area contributed by atoms with Crippen molar-refractivity contribution in [3.05, 3.63) is 29.8 Å². The number of carbonyl (C=O) groups excluding carboxylic acids is 1. The number of ether oxygens (including phenoxy) is 1. The molecular formula is C21H35IN4O2. The zero-order chi connectivity index (χ0) is 19.6. The van der Waals surface area contributed by atoms with E-state index in [1.54, 1.807) is 7.11 Å². The van der Waals surface area contributed by atoms with Gasteiger partial charge in [0.25, 0.3) is 0 Å². The van der Waals surface area contributed by atoms with Gasteiger partial charge in [0, 0.05) is 45.7 Å². The lowest BCUT2D eigenvalue weighted by Gasteiger charge is -2.27. The minimum absolute atomic E-state index is 0. The van der Waals surface area contributed by atoms with Crippen LogP contribution < -0.4 is 10.1 Å². The Bertz CT molecular complexity index is 621. The van der Waals surface area contributed by atoms with Gasteiger partial charge in [-0.1, -0.05) is 19.1 Å². The summed E-state index contributed by atoms with van der Waals surface area (Å²) in [6, 6.07) is 8.41. The molecule has 1 saturated heterocycles. The fourth-order valence-corrected chi connectivity index (χ4v) is 3.50. The molecule has 1 fully saturated rings. The second-order valence-corrected chi connectivity index (χ2v) is 6.98. The van der Waals surface area contributed by atoms with Crippen molar-refractivity contribution < 1.29 is 9.53 Å². The molecule has 0 bridgehead atoms. The maximum atomic E-state index is 12.0. The Labute approximate surface area is 186 Å². The molecule has 1 aromatic carbocycles. The number of rotatable bonds is 9. The molecule has 1 heterocycles. The van der Waals surface area contributed by atoms with Crippen LogP contribution in [0.2, 0.25) is 0 Å². The number of halogens is 1. The zero-order valence-electron chi connectivity index (χ0n) is 17.6. The van der Waals surface area contributed by atoms with Crippen molar-refractivity contribution in [1.82, 2.24) is 15.1 Å². The monoisotopic (exact) mass is 502 g/mol. The third-order valence-corrected chi connectivity index (χ3v) is 5.02. The van der Waals surface area contributed by atoms with E-state index in [0.29, 0.717) is 18.4 Å². The van der Waals surface area contributed by atoms with Gasteiger partial charge in [0.1, 0.15) is 5.75 Å². The highest BCUT2D eigenvalue weighted by Crippen LogP contribution is 2.18. The van der Waals surface area contributed by atoms with E-state index in [9.17, 15) is 4.79 Å². The van der Waals surface area contributed by atoms with Gasteiger partial charge in [-0.05, 0) is 43.9 Å². The van der Waals surface area contributed by atoms with E-state index in [0.717, 1.165) is 57.2 Å². The largest absolute Gasteiger partial charge is 0.497 e. The Kier molecular flexibility index (Phi) is 11.3. The first-order valence-electron chi connectivity index (χ1n) is 10.0. The summed E-state index contributed by atoms with van der Waals surface area (Å²) in [7, 11) is 3.73. The number of amides is 1. The number of hydrogen-bond acceptors (Lipinski definition) is 3. The first-order valence-corrected chi connectivity index (χ1v) is 10.0. The molecule has 0 radical (unpaired) electrons. The molecule has 1 unspecified atom stereocenters. The molecule has 1 aromatic rings. The van der Waals surface area contributed by atoms with Gasteiger partial charge in [-0.2, -0.15) is 0 Å². The van der Waals surface area contributed by atoms with Gasteiger partial charge < -0.3 is 19.9 Å². The van der Waals surface area contributed by atoms with Gasteiger partial charge in [0.05, 0.1) is 7.11 Å². The Balaban J connectivity index is 0.00000392. The van der Waals surface area contributed by atoms with Crippen LogP contribution in [0, 0.1) is 0 Å². The maximum Gasteiger partial charge on any atom is 0.222 e. The summed E-state index contributed by atoms with van der Waals surface area (Å²) >= 11 is 0. The number of methoxy groups -OCH3 is 1. The minimum Gasteiger partial charge on any atom is -0.497 e. The topological polar surface area (TPSA) is 57.2 Å². The SMILES string of the molecule is CCNC(=NCCC(CC)N1CCCC1=O)N(C)Cc1ccc(OC)cc1.I. The van der Waals surface area contributed by atoms with E-state index in [1.807, 2.05) is 24.1 Å². The Morgan fingerprint density at radius 3 is 2.57 bits per heavy atom. The Hall–Kier alpha value is -1.51. The van der Waals surface area contributed by atoms with Crippen molar-refractivity contribution in [3.63, 3.8) is 0 Å². The molecule has 1 N–H and O–H groups in total. The van der Waals surface area contributed by atoms with Crippen LogP contribution in [-0.4, -0.2) is 61.5 Å². The smallest absolute Gasteiger partial charge is 0.222 e. The highest BCUT2D eigenvalue weighted by atomic mass is 127. The number of nitrogens with one attached hydrogen (secondary N) is 1. The second-order valence-electron chi connectivity index (χ2n) is 6.98. The summed E-state index contributed by atoms with van der Waals surface area (Å²) in [5, 5.41) is 3.37. The van der Waals surface area contributed by atoms with E-state index in [4.69, 9.17) is 9.73 Å². The molecule has 0 spiro atoms. The van der Waals surface area contributed by atoms with Crippen molar-refractivity contribution in [2.45, 2.75) is 52.1 Å². The average Bonchev–Trinajstić information content (AvgIpc) is 3.10. The Morgan fingerprint density at radius 1 is 1.32 bits per heavy atom. The van der Waals surface area contributed by atoms with Crippen LogP contribution in [0.15, 0.2) is 29.3 Å². The number of carbonyl (C=O) groups is 1. The summed E-state index contributed by atoms with van der Waals surface area (Å²) in [5.74, 6) is 2.06. The number of aliphatic imine (C=N–C) groups is 1. The highest BCUT2D eigenvalue weighted by molar-refractivity contribution is 14.0. The number of nitrogens with zero attached hydrogens (tertiary/aromatic N) is 3. The van der Waals surface area contributed by atoms with Crippen LogP contribution in [0.4, 0.5) is 0 Å². The van der Waals surface area contributed by atoms with Crippen molar-refractivity contribution in [3.8, 4) is 5.75 Å². The molecule has 1 atom stereocenters. The summed E-state index contributed by atoms with van der Waals surface area (Å²) in [4.78, 5) is 21.0. The van der Waals surface area contributed by atoms with Gasteiger partial charge in [0.2, 0.25) is 5.91 Å². The molecule has 28 heavy (non-hydrogen) atoms. The lowest BCUT2D eigenvalue weighted by molar-refractivity contribution is -0.129.